The van der Waals surface area contributed by atoms with Crippen LogP contribution in [0, 0.1) is 5.92 Å². The Kier molecular flexibility index (Phi) is 7.18. The van der Waals surface area contributed by atoms with Crippen LogP contribution in [0.15, 0.2) is 18.2 Å². The molecule has 2 aliphatic rings. The van der Waals surface area contributed by atoms with Gasteiger partial charge in [0.25, 0.3) is 5.91 Å². The van der Waals surface area contributed by atoms with E-state index in [9.17, 15) is 9.59 Å². The Hall–Kier alpha value is -2.24. The minimum Gasteiger partial charge on any atom is -0.497 e. The summed E-state index contributed by atoms with van der Waals surface area (Å²) in [6.45, 7) is 1.20. The second-order valence-electron chi connectivity index (χ2n) is 7.86. The second kappa shape index (κ2) is 9.80. The lowest BCUT2D eigenvalue weighted by Gasteiger charge is -2.32. The molecule has 1 aromatic rings. The Balaban J connectivity index is 1.54. The molecule has 0 aromatic heterocycles. The van der Waals surface area contributed by atoms with Crippen LogP contribution < -0.4 is 14.8 Å². The van der Waals surface area contributed by atoms with E-state index in [1.165, 1.54) is 25.7 Å². The smallest absolute Gasteiger partial charge is 0.254 e. The van der Waals surface area contributed by atoms with Crippen LogP contribution in [0.3, 0.4) is 0 Å². The Morgan fingerprint density at radius 3 is 2.00 bits per heavy atom. The Labute approximate surface area is 167 Å². The van der Waals surface area contributed by atoms with Gasteiger partial charge in [-0.15, -0.1) is 0 Å². The van der Waals surface area contributed by atoms with Crippen molar-refractivity contribution in [2.24, 2.45) is 5.92 Å². The van der Waals surface area contributed by atoms with Crippen molar-refractivity contribution >= 4 is 11.8 Å². The van der Waals surface area contributed by atoms with Gasteiger partial charge in [-0.3, -0.25) is 9.59 Å². The number of carbonyl (C=O) groups excluding carboxylic acids is 2. The molecule has 1 saturated heterocycles. The van der Waals surface area contributed by atoms with Crippen molar-refractivity contribution in [3.05, 3.63) is 23.8 Å². The summed E-state index contributed by atoms with van der Waals surface area (Å²) in [4.78, 5) is 27.3. The molecule has 1 aliphatic carbocycles. The van der Waals surface area contributed by atoms with Crippen LogP contribution >= 0.6 is 0 Å². The van der Waals surface area contributed by atoms with Crippen molar-refractivity contribution in [1.82, 2.24) is 10.2 Å². The van der Waals surface area contributed by atoms with Gasteiger partial charge in [0.1, 0.15) is 11.5 Å². The summed E-state index contributed by atoms with van der Waals surface area (Å²) in [6, 6.07) is 5.55. The van der Waals surface area contributed by atoms with E-state index >= 15 is 0 Å². The van der Waals surface area contributed by atoms with Gasteiger partial charge in [-0.25, -0.2) is 0 Å². The molecule has 1 aromatic carbocycles. The molecule has 0 atom stereocenters. The molecule has 0 bridgehead atoms. The number of carbonyl (C=O) groups is 2. The molecule has 1 N–H and O–H groups in total. The maximum absolute atomic E-state index is 12.9. The first-order chi connectivity index (χ1) is 13.6. The van der Waals surface area contributed by atoms with Crippen molar-refractivity contribution in [3.63, 3.8) is 0 Å². The van der Waals surface area contributed by atoms with E-state index in [-0.39, 0.29) is 17.7 Å². The van der Waals surface area contributed by atoms with Crippen molar-refractivity contribution < 1.29 is 19.1 Å². The summed E-state index contributed by atoms with van der Waals surface area (Å²) in [5.74, 6) is 1.33. The fraction of sp³-hybridized carbons (Fsp3) is 0.636. The molecule has 0 unspecified atom stereocenters. The van der Waals surface area contributed by atoms with Gasteiger partial charge in [-0.05, 0) is 37.8 Å². The fourth-order valence-corrected chi connectivity index (χ4v) is 4.20. The Bertz CT molecular complexity index is 653. The number of hydrogen-bond donors (Lipinski definition) is 1. The van der Waals surface area contributed by atoms with Crippen LogP contribution in [-0.4, -0.2) is 50.1 Å². The average Bonchev–Trinajstić information content (AvgIpc) is 3.01. The quantitative estimate of drug-likeness (QED) is 0.785. The number of benzene rings is 1. The first-order valence-electron chi connectivity index (χ1n) is 10.4. The Morgan fingerprint density at radius 2 is 1.46 bits per heavy atom. The highest BCUT2D eigenvalue weighted by Gasteiger charge is 2.29. The van der Waals surface area contributed by atoms with Crippen molar-refractivity contribution in [1.29, 1.82) is 0 Å². The van der Waals surface area contributed by atoms with Gasteiger partial charge in [0.15, 0.2) is 0 Å². The molecule has 28 heavy (non-hydrogen) atoms. The predicted molar refractivity (Wildman–Crippen MR) is 108 cm³/mol. The molecular weight excluding hydrogens is 356 g/mol. The lowest BCUT2D eigenvalue weighted by molar-refractivity contribution is -0.127. The molecule has 3 rings (SSSR count). The van der Waals surface area contributed by atoms with Crippen LogP contribution in [0.1, 0.15) is 61.7 Å². The summed E-state index contributed by atoms with van der Waals surface area (Å²) in [7, 11) is 3.14. The van der Waals surface area contributed by atoms with Crippen LogP contribution in [0.4, 0.5) is 0 Å². The molecule has 2 amide bonds. The van der Waals surface area contributed by atoms with Crippen molar-refractivity contribution in [2.75, 3.05) is 27.3 Å². The summed E-state index contributed by atoms with van der Waals surface area (Å²) in [5.41, 5.74) is 0.553. The van der Waals surface area contributed by atoms with E-state index in [2.05, 4.69) is 5.32 Å². The van der Waals surface area contributed by atoms with E-state index in [0.29, 0.717) is 49.0 Å². The molecule has 0 radical (unpaired) electrons. The van der Waals surface area contributed by atoms with E-state index in [1.807, 2.05) is 4.90 Å². The molecule has 1 saturated carbocycles. The highest BCUT2D eigenvalue weighted by molar-refractivity contribution is 5.95. The Morgan fingerprint density at radius 1 is 0.893 bits per heavy atom. The lowest BCUT2D eigenvalue weighted by atomic mass is 9.94. The van der Waals surface area contributed by atoms with Gasteiger partial charge in [-0.1, -0.05) is 25.7 Å². The van der Waals surface area contributed by atoms with Gasteiger partial charge >= 0.3 is 0 Å². The molecule has 2 fully saturated rings. The number of amides is 2. The molecule has 6 heteroatoms. The molecule has 6 nitrogen and oxygen atoms in total. The molecular formula is C22H32N2O4. The highest BCUT2D eigenvalue weighted by atomic mass is 16.5. The van der Waals surface area contributed by atoms with Crippen molar-refractivity contribution in [2.45, 2.75) is 57.4 Å². The van der Waals surface area contributed by atoms with Gasteiger partial charge in [0.2, 0.25) is 5.91 Å². The zero-order valence-corrected chi connectivity index (χ0v) is 17.0. The summed E-state index contributed by atoms with van der Waals surface area (Å²) < 4.78 is 10.5. The average molecular weight is 389 g/mol. The largest absolute Gasteiger partial charge is 0.497 e. The third-order valence-corrected chi connectivity index (χ3v) is 5.95. The van der Waals surface area contributed by atoms with E-state index in [0.717, 1.165) is 12.8 Å². The zero-order valence-electron chi connectivity index (χ0n) is 17.0. The molecule has 0 spiro atoms. The molecule has 1 aliphatic heterocycles. The second-order valence-corrected chi connectivity index (χ2v) is 7.86. The number of hydrogen-bond acceptors (Lipinski definition) is 4. The number of ether oxygens (including phenoxy) is 2. The monoisotopic (exact) mass is 388 g/mol. The highest BCUT2D eigenvalue weighted by Crippen LogP contribution is 2.26. The van der Waals surface area contributed by atoms with E-state index in [4.69, 9.17) is 9.47 Å². The number of nitrogens with one attached hydrogen (secondary N) is 1. The van der Waals surface area contributed by atoms with Crippen LogP contribution in [0.5, 0.6) is 11.5 Å². The van der Waals surface area contributed by atoms with Crippen LogP contribution in [0.2, 0.25) is 0 Å². The standard InChI is InChI=1S/C22H32N2O4/c1-27-19-13-17(14-20(15-19)28-2)22(26)24-11-9-16(10-12-24)21(25)23-18-7-5-3-4-6-8-18/h13-16,18H,3-12H2,1-2H3,(H,23,25). The number of nitrogens with zero attached hydrogens (tertiary/aromatic N) is 1. The van der Waals surface area contributed by atoms with Gasteiger partial charge < -0.3 is 19.7 Å². The number of piperidine rings is 1. The third kappa shape index (κ3) is 5.18. The molecule has 154 valence electrons. The summed E-state index contributed by atoms with van der Waals surface area (Å²) >= 11 is 0. The van der Waals surface area contributed by atoms with Gasteiger partial charge in [-0.2, -0.15) is 0 Å². The summed E-state index contributed by atoms with van der Waals surface area (Å²) in [6.07, 6.45) is 8.60. The molecule has 1 heterocycles. The zero-order chi connectivity index (χ0) is 19.9. The first-order valence-corrected chi connectivity index (χ1v) is 10.4. The normalized spacial score (nSPS) is 19.0. The first kappa shape index (κ1) is 20.5. The van der Waals surface area contributed by atoms with Gasteiger partial charge in [0, 0.05) is 36.7 Å². The van der Waals surface area contributed by atoms with Crippen LogP contribution in [-0.2, 0) is 4.79 Å². The minimum atomic E-state index is -0.0418. The van der Waals surface area contributed by atoms with Crippen LogP contribution in [0.25, 0.3) is 0 Å². The maximum atomic E-state index is 12.9. The van der Waals surface area contributed by atoms with E-state index < -0.39 is 0 Å². The van der Waals surface area contributed by atoms with E-state index in [1.54, 1.807) is 32.4 Å². The maximum Gasteiger partial charge on any atom is 0.254 e. The SMILES string of the molecule is COc1cc(OC)cc(C(=O)N2CCC(C(=O)NC3CCCCCC3)CC2)c1. The topological polar surface area (TPSA) is 67.9 Å². The fourth-order valence-electron chi connectivity index (χ4n) is 4.20. The van der Waals surface area contributed by atoms with Crippen molar-refractivity contribution in [3.8, 4) is 11.5 Å². The third-order valence-electron chi connectivity index (χ3n) is 5.95. The predicted octanol–water partition coefficient (Wildman–Crippen LogP) is 3.40. The number of likely N-dealkylation sites (tertiary alicyclic amines) is 1. The number of rotatable bonds is 5. The van der Waals surface area contributed by atoms with Gasteiger partial charge in [0.05, 0.1) is 14.2 Å². The lowest BCUT2D eigenvalue weighted by Crippen LogP contribution is -2.45. The number of methoxy groups -OCH3 is 2. The summed E-state index contributed by atoms with van der Waals surface area (Å²) in [5, 5.41) is 3.26. The minimum absolute atomic E-state index is 0.00662.